The van der Waals surface area contributed by atoms with Gasteiger partial charge < -0.3 is 9.47 Å². The van der Waals surface area contributed by atoms with Crippen LogP contribution in [0.4, 0.5) is 0 Å². The van der Waals surface area contributed by atoms with E-state index in [1.807, 2.05) is 0 Å². The maximum atomic E-state index is 11.0. The fourth-order valence-corrected chi connectivity index (χ4v) is 2.43. The molecule has 0 radical (unpaired) electrons. The lowest BCUT2D eigenvalue weighted by atomic mass is 10.1. The summed E-state index contributed by atoms with van der Waals surface area (Å²) in [6.07, 6.45) is 0. The summed E-state index contributed by atoms with van der Waals surface area (Å²) in [5.41, 5.74) is 1.30. The third-order valence-electron chi connectivity index (χ3n) is 2.07. The van der Waals surface area contributed by atoms with Gasteiger partial charge in [0, 0.05) is 23.4 Å². The molecular formula is C10H13ClO4S. The van der Waals surface area contributed by atoms with Crippen molar-refractivity contribution in [2.24, 2.45) is 0 Å². The summed E-state index contributed by atoms with van der Waals surface area (Å²) in [7, 11) is 4.70. The number of hydrogen-bond acceptors (Lipinski definition) is 4. The first-order chi connectivity index (χ1) is 7.48. The molecule has 0 spiro atoms. The molecule has 0 aliphatic rings. The van der Waals surface area contributed by atoms with Gasteiger partial charge in [-0.25, -0.2) is 8.42 Å². The second-order valence-corrected chi connectivity index (χ2v) is 5.99. The van der Waals surface area contributed by atoms with Gasteiger partial charge in [-0.05, 0) is 11.6 Å². The fraction of sp³-hybridized carbons (Fsp3) is 0.400. The smallest absolute Gasteiger partial charge is 0.236 e. The van der Waals surface area contributed by atoms with Crippen molar-refractivity contribution in [1.82, 2.24) is 0 Å². The van der Waals surface area contributed by atoms with Crippen molar-refractivity contribution in [1.29, 1.82) is 0 Å². The lowest BCUT2D eigenvalue weighted by Gasteiger charge is -2.12. The Hall–Kier alpha value is -0.780. The summed E-state index contributed by atoms with van der Waals surface area (Å²) < 4.78 is 32.2. The zero-order chi connectivity index (χ0) is 12.2. The van der Waals surface area contributed by atoms with Gasteiger partial charge in [0.1, 0.15) is 5.75 Å². The van der Waals surface area contributed by atoms with Gasteiger partial charge in [-0.2, -0.15) is 0 Å². The van der Waals surface area contributed by atoms with Crippen molar-refractivity contribution in [2.75, 3.05) is 14.2 Å². The van der Waals surface area contributed by atoms with Crippen molar-refractivity contribution in [2.45, 2.75) is 12.4 Å². The van der Waals surface area contributed by atoms with E-state index in [9.17, 15) is 8.42 Å². The number of benzene rings is 1. The Labute approximate surface area is 99.6 Å². The maximum absolute atomic E-state index is 11.0. The highest BCUT2D eigenvalue weighted by Crippen LogP contribution is 2.25. The Morgan fingerprint density at radius 3 is 2.50 bits per heavy atom. The summed E-state index contributed by atoms with van der Waals surface area (Å²) >= 11 is 0. The summed E-state index contributed by atoms with van der Waals surface area (Å²) in [6.45, 7) is 0.283. The third-order valence-corrected chi connectivity index (χ3v) is 3.05. The predicted octanol–water partition coefficient (Wildman–Crippen LogP) is 1.91. The van der Waals surface area contributed by atoms with Crippen LogP contribution in [0, 0.1) is 0 Å². The first kappa shape index (κ1) is 13.3. The lowest BCUT2D eigenvalue weighted by molar-refractivity contribution is 0.181. The van der Waals surface area contributed by atoms with Crippen molar-refractivity contribution < 1.29 is 17.9 Å². The topological polar surface area (TPSA) is 52.6 Å². The Kier molecular flexibility index (Phi) is 4.58. The lowest BCUT2D eigenvalue weighted by Crippen LogP contribution is -2.03. The Bertz CT molecular complexity index is 456. The van der Waals surface area contributed by atoms with E-state index in [-0.39, 0.29) is 12.4 Å². The summed E-state index contributed by atoms with van der Waals surface area (Å²) in [6, 6.07) is 5.16. The molecule has 0 aliphatic carbocycles. The monoisotopic (exact) mass is 264 g/mol. The van der Waals surface area contributed by atoms with E-state index >= 15 is 0 Å². The molecule has 1 aromatic rings. The van der Waals surface area contributed by atoms with Crippen LogP contribution in [0.25, 0.3) is 0 Å². The van der Waals surface area contributed by atoms with Gasteiger partial charge in [0.15, 0.2) is 0 Å². The molecule has 0 saturated carbocycles. The molecule has 16 heavy (non-hydrogen) atoms. The van der Waals surface area contributed by atoms with Crippen LogP contribution in [0.5, 0.6) is 5.75 Å². The average Bonchev–Trinajstić information content (AvgIpc) is 2.18. The number of hydrogen-bond donors (Lipinski definition) is 0. The molecule has 90 valence electrons. The molecule has 0 aliphatic heterocycles. The maximum Gasteiger partial charge on any atom is 0.236 e. The molecule has 1 aromatic carbocycles. The molecule has 0 unspecified atom stereocenters. The van der Waals surface area contributed by atoms with E-state index in [1.54, 1.807) is 18.2 Å². The highest BCUT2D eigenvalue weighted by atomic mass is 35.7. The minimum Gasteiger partial charge on any atom is -0.496 e. The van der Waals surface area contributed by atoms with Crippen LogP contribution in [-0.4, -0.2) is 22.6 Å². The summed E-state index contributed by atoms with van der Waals surface area (Å²) in [5, 5.41) is 0. The Morgan fingerprint density at radius 1 is 1.31 bits per heavy atom. The van der Waals surface area contributed by atoms with Crippen LogP contribution < -0.4 is 4.74 Å². The molecule has 0 N–H and O–H groups in total. The van der Waals surface area contributed by atoms with E-state index in [4.69, 9.17) is 20.2 Å². The molecule has 0 atom stereocenters. The Morgan fingerprint density at radius 2 is 2.00 bits per heavy atom. The average molecular weight is 265 g/mol. The fourth-order valence-electron chi connectivity index (χ4n) is 1.43. The van der Waals surface area contributed by atoms with E-state index in [1.165, 1.54) is 14.2 Å². The normalized spacial score (nSPS) is 11.4. The second-order valence-electron chi connectivity index (χ2n) is 3.21. The van der Waals surface area contributed by atoms with Gasteiger partial charge in [0.2, 0.25) is 9.05 Å². The minimum absolute atomic E-state index is 0.232. The van der Waals surface area contributed by atoms with Gasteiger partial charge in [0.05, 0.1) is 19.5 Å². The molecule has 0 bridgehead atoms. The van der Waals surface area contributed by atoms with Crippen molar-refractivity contribution in [3.8, 4) is 5.75 Å². The molecule has 0 saturated heterocycles. The van der Waals surface area contributed by atoms with Crippen LogP contribution in [-0.2, 0) is 26.1 Å². The predicted molar refractivity (Wildman–Crippen MR) is 62.2 cm³/mol. The number of ether oxygens (including phenoxy) is 2. The largest absolute Gasteiger partial charge is 0.496 e. The molecule has 0 heterocycles. The molecule has 0 aromatic heterocycles. The van der Waals surface area contributed by atoms with Crippen molar-refractivity contribution in [3.05, 3.63) is 29.3 Å². The highest BCUT2D eigenvalue weighted by molar-refractivity contribution is 8.13. The van der Waals surface area contributed by atoms with Gasteiger partial charge >= 0.3 is 0 Å². The Balaban J connectivity index is 3.16. The summed E-state index contributed by atoms with van der Waals surface area (Å²) in [5.74, 6) is 0.365. The molecule has 6 heteroatoms. The summed E-state index contributed by atoms with van der Waals surface area (Å²) in [4.78, 5) is 0. The van der Waals surface area contributed by atoms with Gasteiger partial charge in [-0.3, -0.25) is 0 Å². The van der Waals surface area contributed by atoms with Crippen molar-refractivity contribution >= 4 is 19.7 Å². The molecule has 1 rings (SSSR count). The highest BCUT2D eigenvalue weighted by Gasteiger charge is 2.14. The number of rotatable bonds is 5. The van der Waals surface area contributed by atoms with E-state index in [2.05, 4.69) is 0 Å². The zero-order valence-corrected chi connectivity index (χ0v) is 10.6. The third kappa shape index (κ3) is 3.66. The minimum atomic E-state index is -3.58. The van der Waals surface area contributed by atoms with E-state index in [0.29, 0.717) is 16.9 Å². The molecule has 0 amide bonds. The second kappa shape index (κ2) is 5.52. The number of methoxy groups -OCH3 is 2. The van der Waals surface area contributed by atoms with Gasteiger partial charge in [-0.1, -0.05) is 12.1 Å². The van der Waals surface area contributed by atoms with Crippen molar-refractivity contribution in [3.63, 3.8) is 0 Å². The van der Waals surface area contributed by atoms with Crippen LogP contribution in [0.15, 0.2) is 18.2 Å². The van der Waals surface area contributed by atoms with Gasteiger partial charge in [0.25, 0.3) is 0 Å². The first-order valence-electron chi connectivity index (χ1n) is 4.54. The van der Waals surface area contributed by atoms with Crippen LogP contribution in [0.2, 0.25) is 0 Å². The SMILES string of the molecule is COCc1c(CS(=O)(=O)Cl)cccc1OC. The molecule has 4 nitrogen and oxygen atoms in total. The van der Waals surface area contributed by atoms with Gasteiger partial charge in [-0.15, -0.1) is 0 Å². The van der Waals surface area contributed by atoms with Crippen LogP contribution in [0.3, 0.4) is 0 Å². The zero-order valence-electron chi connectivity index (χ0n) is 9.07. The van der Waals surface area contributed by atoms with Crippen LogP contribution >= 0.6 is 10.7 Å². The number of halogens is 1. The quantitative estimate of drug-likeness (QED) is 0.763. The van der Waals surface area contributed by atoms with E-state index in [0.717, 1.165) is 0 Å². The van der Waals surface area contributed by atoms with Crippen LogP contribution in [0.1, 0.15) is 11.1 Å². The van der Waals surface area contributed by atoms with E-state index < -0.39 is 9.05 Å². The molecule has 0 fully saturated rings. The first-order valence-corrected chi connectivity index (χ1v) is 7.02. The molecular weight excluding hydrogens is 252 g/mol. The standard InChI is InChI=1S/C10H13ClO4S/c1-14-6-9-8(7-16(11,12)13)4-3-5-10(9)15-2/h3-5H,6-7H2,1-2H3.